The second-order valence-corrected chi connectivity index (χ2v) is 11.6. The van der Waals surface area contributed by atoms with Crippen molar-refractivity contribution in [3.05, 3.63) is 107 Å². The van der Waals surface area contributed by atoms with Gasteiger partial charge < -0.3 is 19.3 Å². The summed E-state index contributed by atoms with van der Waals surface area (Å²) in [6, 6.07) is 20.6. The zero-order chi connectivity index (χ0) is 32.9. The second kappa shape index (κ2) is 13.7. The summed E-state index contributed by atoms with van der Waals surface area (Å²) in [5.74, 6) is -9.74. The number of amides is 2. The first kappa shape index (κ1) is 32.6. The van der Waals surface area contributed by atoms with Gasteiger partial charge in [-0.2, -0.15) is 0 Å². The Kier molecular flexibility index (Phi) is 9.74. The van der Waals surface area contributed by atoms with Crippen molar-refractivity contribution in [2.75, 3.05) is 13.1 Å². The second-order valence-electron chi connectivity index (χ2n) is 11.6. The van der Waals surface area contributed by atoms with E-state index >= 15 is 0 Å². The molecule has 2 aliphatic rings. The van der Waals surface area contributed by atoms with Crippen LogP contribution >= 0.6 is 0 Å². The molecular weight excluding hydrogens is 608 g/mol. The first-order chi connectivity index (χ1) is 21.9. The molecule has 2 saturated heterocycles. The molecule has 242 valence electrons. The Morgan fingerprint density at radius 3 is 1.26 bits per heavy atom. The van der Waals surface area contributed by atoms with Crippen molar-refractivity contribution in [2.24, 2.45) is 0 Å². The maximum atomic E-state index is 14.3. The Labute approximate surface area is 262 Å². The largest absolute Gasteiger partial charge is 0.459 e. The van der Waals surface area contributed by atoms with Crippen LogP contribution in [0.3, 0.4) is 0 Å². The molecule has 0 aliphatic carbocycles. The number of halogens is 4. The lowest BCUT2D eigenvalue weighted by atomic mass is 10.1. The van der Waals surface area contributed by atoms with Gasteiger partial charge in [0.1, 0.15) is 25.3 Å². The van der Waals surface area contributed by atoms with Gasteiger partial charge in [0, 0.05) is 12.8 Å². The van der Waals surface area contributed by atoms with Crippen LogP contribution in [-0.2, 0) is 54.7 Å². The molecule has 3 aromatic rings. The number of ether oxygens (including phenoxy) is 2. The zero-order valence-electron chi connectivity index (χ0n) is 24.8. The van der Waals surface area contributed by atoms with Crippen molar-refractivity contribution in [3.63, 3.8) is 0 Å². The molecule has 0 aromatic heterocycles. The van der Waals surface area contributed by atoms with Crippen LogP contribution in [0.2, 0.25) is 0 Å². The Morgan fingerprint density at radius 1 is 0.565 bits per heavy atom. The molecule has 0 N–H and O–H groups in total. The summed E-state index contributed by atoms with van der Waals surface area (Å²) in [4.78, 5) is 53.1. The van der Waals surface area contributed by atoms with E-state index in [1.165, 1.54) is 24.3 Å². The van der Waals surface area contributed by atoms with E-state index in [1.807, 2.05) is 0 Å². The van der Waals surface area contributed by atoms with Crippen LogP contribution in [-0.4, -0.2) is 70.6 Å². The van der Waals surface area contributed by atoms with Crippen molar-refractivity contribution in [2.45, 2.75) is 62.8 Å². The van der Waals surface area contributed by atoms with Crippen LogP contribution in [0.15, 0.2) is 84.9 Å². The third-order valence-corrected chi connectivity index (χ3v) is 7.91. The van der Waals surface area contributed by atoms with Gasteiger partial charge >= 0.3 is 11.9 Å². The molecule has 0 saturated carbocycles. The van der Waals surface area contributed by atoms with Gasteiger partial charge in [-0.15, -0.1) is 0 Å². The zero-order valence-corrected chi connectivity index (χ0v) is 24.8. The highest BCUT2D eigenvalue weighted by Crippen LogP contribution is 2.34. The van der Waals surface area contributed by atoms with E-state index in [9.17, 15) is 36.7 Å². The van der Waals surface area contributed by atoms with E-state index in [1.54, 1.807) is 60.7 Å². The minimum atomic E-state index is -3.26. The molecule has 8 nitrogen and oxygen atoms in total. The third-order valence-electron chi connectivity index (χ3n) is 7.91. The van der Waals surface area contributed by atoms with Gasteiger partial charge in [0.25, 0.3) is 11.8 Å². The molecule has 2 aliphatic heterocycles. The average molecular weight is 641 g/mol. The summed E-state index contributed by atoms with van der Waals surface area (Å²) in [6.07, 6.45) is -2.27. The van der Waals surface area contributed by atoms with Gasteiger partial charge in [-0.25, -0.2) is 27.2 Å². The van der Waals surface area contributed by atoms with E-state index in [0.717, 1.165) is 9.80 Å². The number of likely N-dealkylation sites (tertiary alicyclic amines) is 2. The van der Waals surface area contributed by atoms with Crippen molar-refractivity contribution in [1.82, 2.24) is 9.80 Å². The fourth-order valence-corrected chi connectivity index (χ4v) is 5.56. The lowest BCUT2D eigenvalue weighted by Crippen LogP contribution is -2.42. The summed E-state index contributed by atoms with van der Waals surface area (Å²) in [6.45, 7) is -2.07. The fraction of sp³-hybridized carbons (Fsp3) is 0.353. The van der Waals surface area contributed by atoms with Crippen molar-refractivity contribution >= 4 is 23.8 Å². The average Bonchev–Trinajstić information content (AvgIpc) is 3.55. The molecule has 5 rings (SSSR count). The van der Waals surface area contributed by atoms with Crippen LogP contribution in [0.25, 0.3) is 0 Å². The summed E-state index contributed by atoms with van der Waals surface area (Å²) in [5, 5.41) is 0. The number of hydrogen-bond acceptors (Lipinski definition) is 6. The number of hydrogen-bond donors (Lipinski definition) is 0. The predicted octanol–water partition coefficient (Wildman–Crippen LogP) is 4.73. The van der Waals surface area contributed by atoms with Crippen LogP contribution in [0.5, 0.6) is 0 Å². The molecule has 3 aromatic carbocycles. The number of carbonyl (C=O) groups is 4. The minimum absolute atomic E-state index is 0.116. The van der Waals surface area contributed by atoms with Gasteiger partial charge in [-0.1, -0.05) is 84.9 Å². The molecule has 0 bridgehead atoms. The first-order valence-corrected chi connectivity index (χ1v) is 14.7. The number of benzene rings is 3. The highest BCUT2D eigenvalue weighted by Gasteiger charge is 2.51. The lowest BCUT2D eigenvalue weighted by Gasteiger charge is -2.23. The summed E-state index contributed by atoms with van der Waals surface area (Å²) in [7, 11) is 0. The Morgan fingerprint density at radius 2 is 0.913 bits per heavy atom. The lowest BCUT2D eigenvalue weighted by molar-refractivity contribution is -0.154. The van der Waals surface area contributed by atoms with Gasteiger partial charge in [-0.05, 0) is 22.3 Å². The molecule has 2 unspecified atom stereocenters. The molecule has 46 heavy (non-hydrogen) atoms. The quantitative estimate of drug-likeness (QED) is 0.235. The topological polar surface area (TPSA) is 93.2 Å². The number of rotatable bonds is 10. The molecule has 0 radical (unpaired) electrons. The molecule has 12 heteroatoms. The van der Waals surface area contributed by atoms with Gasteiger partial charge in [-0.3, -0.25) is 9.59 Å². The van der Waals surface area contributed by atoms with Crippen molar-refractivity contribution in [3.8, 4) is 0 Å². The smallest absolute Gasteiger partial charge is 0.329 e. The van der Waals surface area contributed by atoms with Gasteiger partial charge in [0.05, 0.1) is 25.9 Å². The SMILES string of the molecule is O=C(OCc1ccccc1)C1CC(F)(F)CN1C(=O)Cc1ccc(CC(=O)N2CC(F)(F)CC2C(=O)OCc2ccccc2)cc1. The maximum Gasteiger partial charge on any atom is 0.329 e. The minimum Gasteiger partial charge on any atom is -0.459 e. The van der Waals surface area contributed by atoms with Crippen LogP contribution < -0.4 is 0 Å². The van der Waals surface area contributed by atoms with Crippen LogP contribution in [0.1, 0.15) is 35.1 Å². The number of nitrogens with zero attached hydrogens (tertiary/aromatic N) is 2. The summed E-state index contributed by atoms with van der Waals surface area (Å²) in [5.41, 5.74) is 2.22. The summed E-state index contributed by atoms with van der Waals surface area (Å²) >= 11 is 0. The first-order valence-electron chi connectivity index (χ1n) is 14.7. The number of carbonyl (C=O) groups excluding carboxylic acids is 4. The van der Waals surface area contributed by atoms with E-state index in [2.05, 4.69) is 0 Å². The third kappa shape index (κ3) is 8.29. The summed E-state index contributed by atoms with van der Waals surface area (Å²) < 4.78 is 67.7. The monoisotopic (exact) mass is 640 g/mol. The fourth-order valence-electron chi connectivity index (χ4n) is 5.56. The van der Waals surface area contributed by atoms with E-state index < -0.39 is 73.6 Å². The predicted molar refractivity (Wildman–Crippen MR) is 156 cm³/mol. The maximum absolute atomic E-state index is 14.3. The van der Waals surface area contributed by atoms with Crippen molar-refractivity contribution < 1.29 is 46.2 Å². The van der Waals surface area contributed by atoms with E-state index in [0.29, 0.717) is 22.3 Å². The molecule has 0 spiro atoms. The Bertz CT molecular complexity index is 1440. The molecule has 2 heterocycles. The molecular formula is C34H32F4N2O6. The Hall–Kier alpha value is -4.74. The molecule has 2 amide bonds. The molecule has 2 atom stereocenters. The van der Waals surface area contributed by atoms with Crippen molar-refractivity contribution in [1.29, 1.82) is 0 Å². The standard InChI is InChI=1S/C34H32F4N2O6/c35-33(36)17-27(31(43)45-19-25-7-3-1-4-8-25)39(21-33)29(41)15-23-11-13-24(14-12-23)16-30(42)40-22-34(37,38)18-28(40)32(44)46-20-26-9-5-2-6-10-26/h1-14,27-28H,15-22H2. The number of esters is 2. The highest BCUT2D eigenvalue weighted by molar-refractivity contribution is 5.88. The highest BCUT2D eigenvalue weighted by atomic mass is 19.3. The van der Waals surface area contributed by atoms with Gasteiger partial charge in [0.2, 0.25) is 11.8 Å². The molecule has 2 fully saturated rings. The Balaban J connectivity index is 1.17. The number of alkyl halides is 4. The van der Waals surface area contributed by atoms with Gasteiger partial charge in [0.15, 0.2) is 0 Å². The van der Waals surface area contributed by atoms with Crippen LogP contribution in [0.4, 0.5) is 17.6 Å². The normalized spacial score (nSPS) is 19.9. The van der Waals surface area contributed by atoms with E-state index in [-0.39, 0.29) is 26.1 Å². The van der Waals surface area contributed by atoms with Crippen LogP contribution in [0, 0.1) is 0 Å². The van der Waals surface area contributed by atoms with E-state index in [4.69, 9.17) is 9.47 Å².